The predicted molar refractivity (Wildman–Crippen MR) is 51.5 cm³/mol. The zero-order valence-electron chi connectivity index (χ0n) is 8.41. The number of nitrogens with zero attached hydrogens (tertiary/aromatic N) is 1. The van der Waals surface area contributed by atoms with Gasteiger partial charge in [-0.05, 0) is 5.56 Å². The second-order valence-electron chi connectivity index (χ2n) is 2.99. The van der Waals surface area contributed by atoms with Crippen LogP contribution >= 0.6 is 0 Å². The van der Waals surface area contributed by atoms with E-state index in [0.29, 0.717) is 0 Å². The molecule has 0 aliphatic heterocycles. The van der Waals surface area contributed by atoms with Gasteiger partial charge in [0, 0.05) is 6.20 Å². The van der Waals surface area contributed by atoms with Crippen LogP contribution < -0.4 is 10.5 Å². The smallest absolute Gasteiger partial charge is 0.307 e. The summed E-state index contributed by atoms with van der Waals surface area (Å²) in [6.45, 7) is 0. The molecule has 0 fully saturated rings. The van der Waals surface area contributed by atoms with E-state index < -0.39 is 24.4 Å². The van der Waals surface area contributed by atoms with E-state index in [9.17, 15) is 13.6 Å². The summed E-state index contributed by atoms with van der Waals surface area (Å²) in [5.74, 6) is -1.36. The number of aromatic nitrogens is 1. The predicted octanol–water partition coefficient (Wildman–Crippen LogP) is 1.24. The summed E-state index contributed by atoms with van der Waals surface area (Å²) < 4.78 is 30.1. The number of methoxy groups -OCH3 is 1. The van der Waals surface area contributed by atoms with E-state index in [1.807, 2.05) is 0 Å². The fourth-order valence-electron chi connectivity index (χ4n) is 1.29. The number of nitrogens with two attached hydrogens (primary N) is 1. The number of carboxylic acid groups (broad SMARTS) is 1. The molecule has 0 saturated carbocycles. The van der Waals surface area contributed by atoms with Crippen molar-refractivity contribution in [3.05, 3.63) is 17.3 Å². The van der Waals surface area contributed by atoms with E-state index in [1.54, 1.807) is 0 Å². The monoisotopic (exact) mass is 232 g/mol. The highest BCUT2D eigenvalue weighted by Crippen LogP contribution is 2.33. The molecule has 1 aromatic rings. The number of pyridine rings is 1. The second-order valence-corrected chi connectivity index (χ2v) is 2.99. The van der Waals surface area contributed by atoms with Crippen LogP contribution in [-0.4, -0.2) is 23.2 Å². The topological polar surface area (TPSA) is 85.4 Å². The maximum Gasteiger partial charge on any atom is 0.307 e. The van der Waals surface area contributed by atoms with Crippen molar-refractivity contribution in [2.24, 2.45) is 0 Å². The van der Waals surface area contributed by atoms with Crippen molar-refractivity contribution in [3.63, 3.8) is 0 Å². The fourth-order valence-corrected chi connectivity index (χ4v) is 1.29. The standard InChI is InChI=1S/C9H10F2N2O3/c1-16-9-7(12)6(8(10)11)4(3-13-9)2-5(14)15/h3,8H,2,12H2,1H3,(H,14,15). The normalized spacial score (nSPS) is 10.5. The summed E-state index contributed by atoms with van der Waals surface area (Å²) in [7, 11) is 1.24. The molecule has 1 aromatic heterocycles. The van der Waals surface area contributed by atoms with Gasteiger partial charge in [0.2, 0.25) is 5.88 Å². The van der Waals surface area contributed by atoms with Crippen LogP contribution in [0.1, 0.15) is 17.6 Å². The van der Waals surface area contributed by atoms with Gasteiger partial charge in [-0.3, -0.25) is 4.79 Å². The van der Waals surface area contributed by atoms with Gasteiger partial charge in [0.15, 0.2) is 0 Å². The lowest BCUT2D eigenvalue weighted by Crippen LogP contribution is -2.09. The number of hydrogen-bond donors (Lipinski definition) is 2. The molecule has 5 nitrogen and oxygen atoms in total. The third kappa shape index (κ3) is 2.36. The summed E-state index contributed by atoms with van der Waals surface area (Å²) >= 11 is 0. The quantitative estimate of drug-likeness (QED) is 0.815. The largest absolute Gasteiger partial charge is 0.481 e. The Hall–Kier alpha value is -1.92. The molecule has 7 heteroatoms. The molecular weight excluding hydrogens is 222 g/mol. The summed E-state index contributed by atoms with van der Waals surface area (Å²) in [6, 6.07) is 0. The minimum Gasteiger partial charge on any atom is -0.481 e. The van der Waals surface area contributed by atoms with Gasteiger partial charge in [0.1, 0.15) is 5.69 Å². The zero-order chi connectivity index (χ0) is 12.3. The Kier molecular flexibility index (Phi) is 3.60. The Morgan fingerprint density at radius 3 is 2.75 bits per heavy atom. The molecule has 0 spiro atoms. The molecule has 0 bridgehead atoms. The van der Waals surface area contributed by atoms with E-state index >= 15 is 0 Å². The zero-order valence-corrected chi connectivity index (χ0v) is 8.41. The molecule has 0 unspecified atom stereocenters. The van der Waals surface area contributed by atoms with Gasteiger partial charge in [-0.2, -0.15) is 0 Å². The number of aliphatic carboxylic acids is 1. The first-order valence-electron chi connectivity index (χ1n) is 4.28. The van der Waals surface area contributed by atoms with Crippen LogP contribution in [0.5, 0.6) is 5.88 Å². The van der Waals surface area contributed by atoms with Gasteiger partial charge in [-0.1, -0.05) is 0 Å². The molecule has 0 atom stereocenters. The minimum atomic E-state index is -2.87. The van der Waals surface area contributed by atoms with Crippen LogP contribution in [0, 0.1) is 0 Å². The van der Waals surface area contributed by atoms with E-state index in [-0.39, 0.29) is 17.1 Å². The summed E-state index contributed by atoms with van der Waals surface area (Å²) in [4.78, 5) is 14.1. The minimum absolute atomic E-state index is 0.110. The molecule has 0 aliphatic carbocycles. The maximum atomic E-state index is 12.7. The second kappa shape index (κ2) is 4.73. The Bertz CT molecular complexity index is 410. The third-order valence-corrected chi connectivity index (χ3v) is 1.96. The van der Waals surface area contributed by atoms with Crippen molar-refractivity contribution in [2.45, 2.75) is 12.8 Å². The molecule has 1 heterocycles. The van der Waals surface area contributed by atoms with Crippen molar-refractivity contribution in [3.8, 4) is 5.88 Å². The molecule has 0 aliphatic rings. The van der Waals surface area contributed by atoms with Gasteiger partial charge < -0.3 is 15.6 Å². The number of halogens is 2. The Labute approximate surface area is 89.9 Å². The lowest BCUT2D eigenvalue weighted by Gasteiger charge is -2.12. The summed E-state index contributed by atoms with van der Waals surface area (Å²) in [6.07, 6.45) is -2.39. The average molecular weight is 232 g/mol. The van der Waals surface area contributed by atoms with Crippen LogP contribution in [0.3, 0.4) is 0 Å². The summed E-state index contributed by atoms with van der Waals surface area (Å²) in [5.41, 5.74) is 4.44. The fraction of sp³-hybridized carbons (Fsp3) is 0.333. The maximum absolute atomic E-state index is 12.7. The number of anilines is 1. The number of hydrogen-bond acceptors (Lipinski definition) is 4. The lowest BCUT2D eigenvalue weighted by molar-refractivity contribution is -0.136. The Morgan fingerprint density at radius 1 is 1.69 bits per heavy atom. The molecular formula is C9H10F2N2O3. The van der Waals surface area contributed by atoms with Gasteiger partial charge in [-0.25, -0.2) is 13.8 Å². The molecule has 0 aromatic carbocycles. The molecule has 1 rings (SSSR count). The van der Waals surface area contributed by atoms with E-state index in [0.717, 1.165) is 6.20 Å². The number of rotatable bonds is 4. The van der Waals surface area contributed by atoms with E-state index in [2.05, 4.69) is 9.72 Å². The van der Waals surface area contributed by atoms with E-state index in [1.165, 1.54) is 7.11 Å². The van der Waals surface area contributed by atoms with Crippen LogP contribution in [0.2, 0.25) is 0 Å². The molecule has 0 radical (unpaired) electrons. The number of alkyl halides is 2. The van der Waals surface area contributed by atoms with E-state index in [4.69, 9.17) is 10.8 Å². The van der Waals surface area contributed by atoms with Crippen molar-refractivity contribution in [2.75, 3.05) is 12.8 Å². The number of carbonyl (C=O) groups is 1. The van der Waals surface area contributed by atoms with Crippen molar-refractivity contribution in [1.29, 1.82) is 0 Å². The highest BCUT2D eigenvalue weighted by Gasteiger charge is 2.21. The van der Waals surface area contributed by atoms with Crippen molar-refractivity contribution >= 4 is 11.7 Å². The van der Waals surface area contributed by atoms with Gasteiger partial charge >= 0.3 is 5.97 Å². The highest BCUT2D eigenvalue weighted by molar-refractivity contribution is 5.72. The van der Waals surface area contributed by atoms with Crippen LogP contribution in [-0.2, 0) is 11.2 Å². The first-order chi connectivity index (χ1) is 7.47. The van der Waals surface area contributed by atoms with Gasteiger partial charge in [0.05, 0.1) is 19.1 Å². The number of ether oxygens (including phenoxy) is 1. The van der Waals surface area contributed by atoms with Crippen LogP contribution in [0.15, 0.2) is 6.20 Å². The number of carboxylic acids is 1. The lowest BCUT2D eigenvalue weighted by atomic mass is 10.1. The van der Waals surface area contributed by atoms with Crippen LogP contribution in [0.4, 0.5) is 14.5 Å². The van der Waals surface area contributed by atoms with Crippen LogP contribution in [0.25, 0.3) is 0 Å². The molecule has 0 saturated heterocycles. The Balaban J connectivity index is 3.28. The summed E-state index contributed by atoms with van der Waals surface area (Å²) in [5, 5.41) is 8.55. The van der Waals surface area contributed by atoms with Gasteiger partial charge in [0.25, 0.3) is 6.43 Å². The van der Waals surface area contributed by atoms with Crippen molar-refractivity contribution < 1.29 is 23.4 Å². The first kappa shape index (κ1) is 12.2. The molecule has 3 N–H and O–H groups in total. The molecule has 16 heavy (non-hydrogen) atoms. The van der Waals surface area contributed by atoms with Gasteiger partial charge in [-0.15, -0.1) is 0 Å². The molecule has 88 valence electrons. The SMILES string of the molecule is COc1ncc(CC(=O)O)c(C(F)F)c1N. The Morgan fingerprint density at radius 2 is 2.31 bits per heavy atom. The number of nitrogen functional groups attached to an aromatic ring is 1. The average Bonchev–Trinajstić information content (AvgIpc) is 2.16. The van der Waals surface area contributed by atoms with Crippen molar-refractivity contribution in [1.82, 2.24) is 4.98 Å². The third-order valence-electron chi connectivity index (χ3n) is 1.96. The first-order valence-corrected chi connectivity index (χ1v) is 4.28. The molecule has 0 amide bonds. The highest BCUT2D eigenvalue weighted by atomic mass is 19.3.